The van der Waals surface area contributed by atoms with Crippen LogP contribution in [0.25, 0.3) is 0 Å². The molecule has 24 heavy (non-hydrogen) atoms. The van der Waals surface area contributed by atoms with Crippen LogP contribution in [0.5, 0.6) is 0 Å². The van der Waals surface area contributed by atoms with Crippen LogP contribution in [0.15, 0.2) is 54.1 Å². The van der Waals surface area contributed by atoms with Crippen LogP contribution in [0.3, 0.4) is 0 Å². The summed E-state index contributed by atoms with van der Waals surface area (Å²) in [5, 5.41) is 3.52. The number of piperidine rings is 1. The second kappa shape index (κ2) is 8.22. The molecule has 1 aliphatic heterocycles. The molecular formula is C22H29NS. The largest absolute Gasteiger partial charge is 0.317 e. The van der Waals surface area contributed by atoms with E-state index in [0.717, 1.165) is 31.8 Å². The van der Waals surface area contributed by atoms with Crippen LogP contribution in [0.1, 0.15) is 44.6 Å². The maximum absolute atomic E-state index is 5.75. The topological polar surface area (TPSA) is 12.0 Å². The van der Waals surface area contributed by atoms with Crippen LogP contribution in [-0.4, -0.2) is 18.0 Å². The molecule has 1 aromatic rings. The van der Waals surface area contributed by atoms with Crippen molar-refractivity contribution >= 4 is 17.1 Å². The van der Waals surface area contributed by atoms with E-state index in [1.165, 1.54) is 41.7 Å². The summed E-state index contributed by atoms with van der Waals surface area (Å²) in [5.41, 5.74) is 3.11. The molecule has 1 N–H and O–H groups in total. The van der Waals surface area contributed by atoms with Gasteiger partial charge in [-0.3, -0.25) is 0 Å². The Morgan fingerprint density at radius 1 is 1.17 bits per heavy atom. The third-order valence-corrected chi connectivity index (χ3v) is 6.25. The summed E-state index contributed by atoms with van der Waals surface area (Å²) in [7, 11) is 0. The van der Waals surface area contributed by atoms with Crippen molar-refractivity contribution in [3.05, 3.63) is 59.7 Å². The Hall–Kier alpha value is -1.25. The van der Waals surface area contributed by atoms with Crippen LogP contribution in [0.2, 0.25) is 0 Å². The molecule has 1 fully saturated rings. The van der Waals surface area contributed by atoms with Gasteiger partial charge in [0, 0.05) is 11.3 Å². The first-order chi connectivity index (χ1) is 11.7. The highest BCUT2D eigenvalue weighted by molar-refractivity contribution is 7.80. The second-order valence-corrected chi connectivity index (χ2v) is 7.91. The number of nitrogens with one attached hydrogen (secondary N) is 1. The summed E-state index contributed by atoms with van der Waals surface area (Å²) in [5.74, 6) is 0.741. The Labute approximate surface area is 152 Å². The first kappa shape index (κ1) is 17.6. The van der Waals surface area contributed by atoms with Gasteiger partial charge in [-0.2, -0.15) is 0 Å². The van der Waals surface area contributed by atoms with E-state index in [1.807, 2.05) is 0 Å². The highest BCUT2D eigenvalue weighted by Crippen LogP contribution is 2.46. The van der Waals surface area contributed by atoms with Crippen LogP contribution < -0.4 is 5.32 Å². The fourth-order valence-electron chi connectivity index (χ4n) is 4.37. The van der Waals surface area contributed by atoms with Crippen molar-refractivity contribution in [3.63, 3.8) is 0 Å². The fourth-order valence-corrected chi connectivity index (χ4v) is 4.77. The molecule has 3 rings (SSSR count). The number of benzene rings is 1. The lowest BCUT2D eigenvalue weighted by atomic mass is 9.63. The van der Waals surface area contributed by atoms with E-state index in [4.69, 9.17) is 12.2 Å². The lowest BCUT2D eigenvalue weighted by Gasteiger charge is -2.43. The summed E-state index contributed by atoms with van der Waals surface area (Å²) in [6.45, 7) is 4.77. The molecule has 1 heterocycles. The molecule has 1 nitrogen and oxygen atoms in total. The Morgan fingerprint density at radius 3 is 2.62 bits per heavy atom. The quantitative estimate of drug-likeness (QED) is 0.708. The van der Waals surface area contributed by atoms with Gasteiger partial charge in [0.25, 0.3) is 0 Å². The first-order valence-corrected chi connectivity index (χ1v) is 9.76. The monoisotopic (exact) mass is 339 g/mol. The van der Waals surface area contributed by atoms with Crippen LogP contribution >= 0.6 is 12.2 Å². The third kappa shape index (κ3) is 4.04. The number of rotatable bonds is 6. The zero-order chi connectivity index (χ0) is 16.8. The lowest BCUT2D eigenvalue weighted by Crippen LogP contribution is -2.40. The number of allylic oxidation sites excluding steroid dienone is 4. The molecule has 2 heteroatoms. The maximum Gasteiger partial charge on any atom is 0.0227 e. The Bertz CT molecular complexity index is 610. The van der Waals surface area contributed by atoms with E-state index < -0.39 is 0 Å². The van der Waals surface area contributed by atoms with Gasteiger partial charge >= 0.3 is 0 Å². The van der Waals surface area contributed by atoms with Crippen molar-refractivity contribution in [1.82, 2.24) is 5.32 Å². The summed E-state index contributed by atoms with van der Waals surface area (Å²) in [6.07, 6.45) is 13.8. The van der Waals surface area contributed by atoms with Crippen molar-refractivity contribution in [2.24, 2.45) is 11.3 Å². The zero-order valence-electron chi connectivity index (χ0n) is 14.8. The minimum absolute atomic E-state index is 0.221. The van der Waals surface area contributed by atoms with Gasteiger partial charge in [0.1, 0.15) is 0 Å². The molecule has 1 aromatic carbocycles. The van der Waals surface area contributed by atoms with Gasteiger partial charge in [-0.05, 0) is 67.7 Å². The van der Waals surface area contributed by atoms with E-state index in [2.05, 4.69) is 60.8 Å². The van der Waals surface area contributed by atoms with E-state index >= 15 is 0 Å². The van der Waals surface area contributed by atoms with Crippen LogP contribution in [-0.2, 0) is 6.42 Å². The molecule has 1 aliphatic carbocycles. The average molecular weight is 340 g/mol. The standard InChI is InChI=1S/C22H29NS/c1-22(19-13-16-23-17-14-19,20-11-5-6-12-21(20)24)15-7-10-18-8-3-2-4-9-18/h2-6,8-9,11,19,23H,7,10,12-17H2,1H3. The number of hydrogen-bond acceptors (Lipinski definition) is 2. The second-order valence-electron chi connectivity index (χ2n) is 7.42. The van der Waals surface area contributed by atoms with Gasteiger partial charge in [-0.15, -0.1) is 0 Å². The molecule has 1 saturated heterocycles. The summed E-state index contributed by atoms with van der Waals surface area (Å²) >= 11 is 5.75. The predicted molar refractivity (Wildman–Crippen MR) is 108 cm³/mol. The van der Waals surface area contributed by atoms with E-state index in [-0.39, 0.29) is 5.41 Å². The molecule has 0 bridgehead atoms. The Morgan fingerprint density at radius 2 is 1.92 bits per heavy atom. The molecule has 0 aromatic heterocycles. The molecule has 2 aliphatic rings. The maximum atomic E-state index is 5.75. The molecule has 1 unspecified atom stereocenters. The first-order valence-electron chi connectivity index (χ1n) is 9.35. The number of hydrogen-bond donors (Lipinski definition) is 1. The van der Waals surface area contributed by atoms with E-state index in [0.29, 0.717) is 0 Å². The van der Waals surface area contributed by atoms with E-state index in [1.54, 1.807) is 0 Å². The lowest BCUT2D eigenvalue weighted by molar-refractivity contribution is 0.176. The summed E-state index contributed by atoms with van der Waals surface area (Å²) in [4.78, 5) is 1.17. The third-order valence-electron chi connectivity index (χ3n) is 5.86. The van der Waals surface area contributed by atoms with Crippen molar-refractivity contribution in [1.29, 1.82) is 0 Å². The highest BCUT2D eigenvalue weighted by atomic mass is 32.1. The molecule has 1 atom stereocenters. The normalized spacial score (nSPS) is 21.4. The van der Waals surface area contributed by atoms with Gasteiger partial charge in [-0.1, -0.05) is 67.7 Å². The van der Waals surface area contributed by atoms with Crippen LogP contribution in [0.4, 0.5) is 0 Å². The molecule has 128 valence electrons. The van der Waals surface area contributed by atoms with Crippen molar-refractivity contribution in [2.75, 3.05) is 13.1 Å². The van der Waals surface area contributed by atoms with Gasteiger partial charge in [-0.25, -0.2) is 0 Å². The van der Waals surface area contributed by atoms with Crippen molar-refractivity contribution < 1.29 is 0 Å². The van der Waals surface area contributed by atoms with Gasteiger partial charge < -0.3 is 5.32 Å². The average Bonchev–Trinajstić information content (AvgIpc) is 2.63. The minimum atomic E-state index is 0.221. The minimum Gasteiger partial charge on any atom is -0.317 e. The van der Waals surface area contributed by atoms with Crippen molar-refractivity contribution in [3.8, 4) is 0 Å². The van der Waals surface area contributed by atoms with Gasteiger partial charge in [0.15, 0.2) is 0 Å². The number of thiocarbonyl (C=S) groups is 1. The van der Waals surface area contributed by atoms with Gasteiger partial charge in [0.2, 0.25) is 0 Å². The molecule has 0 spiro atoms. The van der Waals surface area contributed by atoms with Crippen molar-refractivity contribution in [2.45, 2.75) is 45.4 Å². The SMILES string of the molecule is CC(CCCc1ccccc1)(C1=CC=CCC1=S)C1CCNCC1. The molecule has 0 amide bonds. The molecular weight excluding hydrogens is 310 g/mol. The Kier molecular flexibility index (Phi) is 6.02. The summed E-state index contributed by atoms with van der Waals surface area (Å²) in [6, 6.07) is 10.9. The van der Waals surface area contributed by atoms with Gasteiger partial charge in [0.05, 0.1) is 0 Å². The predicted octanol–water partition coefficient (Wildman–Crippen LogP) is 5.27. The highest BCUT2D eigenvalue weighted by Gasteiger charge is 2.39. The number of aryl methyl sites for hydroxylation is 1. The molecule has 0 radical (unpaired) electrons. The fraction of sp³-hybridized carbons (Fsp3) is 0.500. The van der Waals surface area contributed by atoms with Crippen LogP contribution in [0, 0.1) is 11.3 Å². The smallest absolute Gasteiger partial charge is 0.0227 e. The van der Waals surface area contributed by atoms with E-state index in [9.17, 15) is 0 Å². The Balaban J connectivity index is 1.75. The zero-order valence-corrected chi connectivity index (χ0v) is 15.6. The molecule has 0 saturated carbocycles. The summed E-state index contributed by atoms with van der Waals surface area (Å²) < 4.78 is 0.